The second-order valence-corrected chi connectivity index (χ2v) is 4.54. The second-order valence-electron chi connectivity index (χ2n) is 4.54. The summed E-state index contributed by atoms with van der Waals surface area (Å²) in [5, 5.41) is 11.0. The molecule has 0 bridgehead atoms. The van der Waals surface area contributed by atoms with Gasteiger partial charge in [-0.1, -0.05) is 6.07 Å². The first-order valence-corrected chi connectivity index (χ1v) is 6.12. The fraction of sp³-hybridized carbons (Fsp3) is 0.214. The van der Waals surface area contributed by atoms with E-state index >= 15 is 0 Å². The molecule has 1 aromatic carbocycles. The summed E-state index contributed by atoms with van der Waals surface area (Å²) in [6.45, 7) is 3.67. The molecule has 2 rings (SSSR count). The number of ether oxygens (including phenoxy) is 1. The first-order chi connectivity index (χ1) is 9.47. The molecule has 0 spiro atoms. The van der Waals surface area contributed by atoms with E-state index in [2.05, 4.69) is 4.98 Å². The number of aryl methyl sites for hydroxylation is 1. The van der Waals surface area contributed by atoms with Gasteiger partial charge in [0.2, 0.25) is 5.75 Å². The Kier molecular flexibility index (Phi) is 3.95. The van der Waals surface area contributed by atoms with Crippen LogP contribution in [0.15, 0.2) is 36.5 Å². The Labute approximate surface area is 116 Å². The summed E-state index contributed by atoms with van der Waals surface area (Å²) < 4.78 is 5.54. The Morgan fingerprint density at radius 3 is 2.65 bits per heavy atom. The maximum Gasteiger partial charge on any atom is 0.311 e. The molecule has 1 heterocycles. The molecular weight excluding hydrogens is 258 g/mol. The van der Waals surface area contributed by atoms with Crippen LogP contribution in [0.3, 0.4) is 0 Å². The minimum atomic E-state index is -0.474. The topological polar surface area (TPSA) is 91.3 Å². The van der Waals surface area contributed by atoms with Crippen molar-refractivity contribution in [2.75, 3.05) is 0 Å². The van der Waals surface area contributed by atoms with Crippen molar-refractivity contribution < 1.29 is 9.66 Å². The normalized spacial score (nSPS) is 11.9. The van der Waals surface area contributed by atoms with Crippen molar-refractivity contribution in [2.24, 2.45) is 5.73 Å². The summed E-state index contributed by atoms with van der Waals surface area (Å²) in [4.78, 5) is 14.6. The largest absolute Gasteiger partial charge is 0.448 e. The average Bonchev–Trinajstić information content (AvgIpc) is 2.39. The number of nitro groups is 1. The third-order valence-electron chi connectivity index (χ3n) is 2.77. The van der Waals surface area contributed by atoms with Crippen LogP contribution in [-0.4, -0.2) is 9.91 Å². The Balaban J connectivity index is 2.29. The number of rotatable bonds is 4. The van der Waals surface area contributed by atoms with Crippen LogP contribution in [0.2, 0.25) is 0 Å². The van der Waals surface area contributed by atoms with Gasteiger partial charge in [-0.05, 0) is 37.6 Å². The maximum absolute atomic E-state index is 11.0. The molecule has 0 aliphatic carbocycles. The van der Waals surface area contributed by atoms with Gasteiger partial charge >= 0.3 is 5.69 Å². The minimum absolute atomic E-state index is 0.0770. The molecule has 20 heavy (non-hydrogen) atoms. The fourth-order valence-electron chi connectivity index (χ4n) is 1.70. The highest BCUT2D eigenvalue weighted by Crippen LogP contribution is 2.31. The van der Waals surface area contributed by atoms with Crippen molar-refractivity contribution in [1.82, 2.24) is 4.98 Å². The predicted octanol–water partition coefficient (Wildman–Crippen LogP) is 3.11. The van der Waals surface area contributed by atoms with Gasteiger partial charge in [0.1, 0.15) is 5.75 Å². The van der Waals surface area contributed by atoms with E-state index in [-0.39, 0.29) is 17.5 Å². The van der Waals surface area contributed by atoms with E-state index in [1.165, 1.54) is 12.3 Å². The SMILES string of the molecule is Cc1ccc([N+](=O)[O-])c(Oc2ccc(C(C)N)nc2)c1. The van der Waals surface area contributed by atoms with Gasteiger partial charge < -0.3 is 10.5 Å². The van der Waals surface area contributed by atoms with Crippen LogP contribution in [-0.2, 0) is 0 Å². The van der Waals surface area contributed by atoms with E-state index in [0.717, 1.165) is 11.3 Å². The number of nitrogens with zero attached hydrogens (tertiary/aromatic N) is 2. The number of aromatic nitrogens is 1. The second kappa shape index (κ2) is 5.66. The maximum atomic E-state index is 11.0. The average molecular weight is 273 g/mol. The van der Waals surface area contributed by atoms with Gasteiger partial charge in [0, 0.05) is 12.1 Å². The van der Waals surface area contributed by atoms with Crippen LogP contribution in [0.25, 0.3) is 0 Å². The van der Waals surface area contributed by atoms with Gasteiger partial charge in [0.25, 0.3) is 0 Å². The third-order valence-corrected chi connectivity index (χ3v) is 2.77. The number of hydrogen-bond donors (Lipinski definition) is 1. The predicted molar refractivity (Wildman–Crippen MR) is 74.7 cm³/mol. The Hall–Kier alpha value is -2.47. The van der Waals surface area contributed by atoms with Gasteiger partial charge in [0.05, 0.1) is 16.8 Å². The van der Waals surface area contributed by atoms with Gasteiger partial charge in [0.15, 0.2) is 0 Å². The zero-order valence-corrected chi connectivity index (χ0v) is 11.2. The van der Waals surface area contributed by atoms with Crippen molar-refractivity contribution in [3.05, 3.63) is 57.9 Å². The Morgan fingerprint density at radius 1 is 1.35 bits per heavy atom. The molecule has 0 aliphatic rings. The van der Waals surface area contributed by atoms with Gasteiger partial charge in [-0.2, -0.15) is 0 Å². The molecule has 0 radical (unpaired) electrons. The van der Waals surface area contributed by atoms with E-state index in [0.29, 0.717) is 5.75 Å². The summed E-state index contributed by atoms with van der Waals surface area (Å²) in [5.74, 6) is 0.633. The first-order valence-electron chi connectivity index (χ1n) is 6.12. The number of benzene rings is 1. The first kappa shape index (κ1) is 14.0. The minimum Gasteiger partial charge on any atom is -0.448 e. The molecule has 0 saturated heterocycles. The molecule has 6 heteroatoms. The van der Waals surface area contributed by atoms with Crippen LogP contribution >= 0.6 is 0 Å². The molecule has 1 unspecified atom stereocenters. The summed E-state index contributed by atoms with van der Waals surface area (Å²) in [5.41, 5.74) is 7.24. The highest BCUT2D eigenvalue weighted by molar-refractivity contribution is 5.50. The number of nitro benzene ring substituents is 1. The lowest BCUT2D eigenvalue weighted by Gasteiger charge is -2.08. The van der Waals surface area contributed by atoms with Gasteiger partial charge in [-0.25, -0.2) is 0 Å². The van der Waals surface area contributed by atoms with Gasteiger partial charge in [-0.15, -0.1) is 0 Å². The van der Waals surface area contributed by atoms with E-state index in [4.69, 9.17) is 10.5 Å². The zero-order chi connectivity index (χ0) is 14.7. The zero-order valence-electron chi connectivity index (χ0n) is 11.2. The molecule has 1 atom stereocenters. The van der Waals surface area contributed by atoms with Crippen molar-refractivity contribution >= 4 is 5.69 Å². The molecule has 0 saturated carbocycles. The summed E-state index contributed by atoms with van der Waals surface area (Å²) in [6.07, 6.45) is 1.50. The number of hydrogen-bond acceptors (Lipinski definition) is 5. The van der Waals surface area contributed by atoms with E-state index in [1.54, 1.807) is 24.3 Å². The lowest BCUT2D eigenvalue weighted by Crippen LogP contribution is -2.06. The molecule has 2 N–H and O–H groups in total. The van der Waals surface area contributed by atoms with Crippen molar-refractivity contribution in [3.63, 3.8) is 0 Å². The molecule has 0 aliphatic heterocycles. The summed E-state index contributed by atoms with van der Waals surface area (Å²) in [6, 6.07) is 7.98. The van der Waals surface area contributed by atoms with Gasteiger partial charge in [-0.3, -0.25) is 15.1 Å². The fourth-order valence-corrected chi connectivity index (χ4v) is 1.70. The molecule has 6 nitrogen and oxygen atoms in total. The van der Waals surface area contributed by atoms with Crippen LogP contribution in [0.5, 0.6) is 11.5 Å². The van der Waals surface area contributed by atoms with Crippen molar-refractivity contribution in [1.29, 1.82) is 0 Å². The Morgan fingerprint density at radius 2 is 2.10 bits per heavy atom. The van der Waals surface area contributed by atoms with Crippen LogP contribution < -0.4 is 10.5 Å². The molecular formula is C14H15N3O3. The Bertz CT molecular complexity index is 624. The number of nitrogens with two attached hydrogens (primary N) is 1. The molecule has 2 aromatic rings. The molecule has 0 amide bonds. The quantitative estimate of drug-likeness (QED) is 0.682. The van der Waals surface area contributed by atoms with E-state index in [1.807, 2.05) is 13.8 Å². The highest BCUT2D eigenvalue weighted by atomic mass is 16.6. The van der Waals surface area contributed by atoms with E-state index in [9.17, 15) is 10.1 Å². The molecule has 1 aromatic heterocycles. The third kappa shape index (κ3) is 3.10. The highest BCUT2D eigenvalue weighted by Gasteiger charge is 2.15. The monoisotopic (exact) mass is 273 g/mol. The number of pyridine rings is 1. The lowest BCUT2D eigenvalue weighted by atomic mass is 10.2. The van der Waals surface area contributed by atoms with Crippen molar-refractivity contribution in [2.45, 2.75) is 19.9 Å². The summed E-state index contributed by atoms with van der Waals surface area (Å²) in [7, 11) is 0. The molecule has 104 valence electrons. The smallest absolute Gasteiger partial charge is 0.311 e. The van der Waals surface area contributed by atoms with Crippen molar-refractivity contribution in [3.8, 4) is 11.5 Å². The van der Waals surface area contributed by atoms with Crippen LogP contribution in [0, 0.1) is 17.0 Å². The lowest BCUT2D eigenvalue weighted by molar-refractivity contribution is -0.385. The molecule has 0 fully saturated rings. The van der Waals surface area contributed by atoms with E-state index < -0.39 is 4.92 Å². The summed E-state index contributed by atoms with van der Waals surface area (Å²) >= 11 is 0. The van der Waals surface area contributed by atoms with Crippen LogP contribution in [0.4, 0.5) is 5.69 Å². The van der Waals surface area contributed by atoms with Crippen LogP contribution in [0.1, 0.15) is 24.2 Å². The standard InChI is InChI=1S/C14H15N3O3/c1-9-3-6-13(17(18)19)14(7-9)20-11-4-5-12(10(2)15)16-8-11/h3-8,10H,15H2,1-2H3.